The van der Waals surface area contributed by atoms with Crippen molar-refractivity contribution in [1.29, 1.82) is 0 Å². The predicted molar refractivity (Wildman–Crippen MR) is 236 cm³/mol. The summed E-state index contributed by atoms with van der Waals surface area (Å²) in [6.07, 6.45) is 0. The van der Waals surface area contributed by atoms with Gasteiger partial charge < -0.3 is 4.57 Å². The molecule has 12 aromatic rings. The van der Waals surface area contributed by atoms with Gasteiger partial charge in [-0.1, -0.05) is 140 Å². The van der Waals surface area contributed by atoms with Crippen molar-refractivity contribution in [2.45, 2.75) is 0 Å². The van der Waals surface area contributed by atoms with Crippen LogP contribution in [-0.2, 0) is 0 Å². The smallest absolute Gasteiger partial charge is 0.138 e. The summed E-state index contributed by atoms with van der Waals surface area (Å²) < 4.78 is 4.68. The van der Waals surface area contributed by atoms with E-state index in [1.165, 1.54) is 76.0 Å². The number of hydrogen-bond donors (Lipinski definition) is 0. The number of benzene rings is 9. The Hall–Kier alpha value is -7.49. The fourth-order valence-electron chi connectivity index (χ4n) is 9.20. The molecule has 0 unspecified atom stereocenters. The monoisotopic (exact) mass is 711 g/mol. The van der Waals surface area contributed by atoms with E-state index in [4.69, 9.17) is 4.98 Å². The standard InChI is InChI=1S/C53H33N3/c1-2-16-39-38(15-1)46-32-35(34-13-11-14-37(31-34)55-49-22-7-3-17-42(49)43-18-4-8-23-50(43)55)27-29-40(46)41-30-28-36(33-47(39)41)48-21-12-26-53(54-48)56-51-24-9-5-19-44(51)45-20-6-10-25-52(45)56/h1-33H. The van der Waals surface area contributed by atoms with Crippen LogP contribution in [-0.4, -0.2) is 14.1 Å². The maximum Gasteiger partial charge on any atom is 0.138 e. The van der Waals surface area contributed by atoms with Crippen molar-refractivity contribution >= 4 is 75.9 Å². The van der Waals surface area contributed by atoms with Gasteiger partial charge in [0.25, 0.3) is 0 Å². The highest BCUT2D eigenvalue weighted by Gasteiger charge is 2.16. The van der Waals surface area contributed by atoms with Crippen molar-refractivity contribution in [2.24, 2.45) is 0 Å². The van der Waals surface area contributed by atoms with Gasteiger partial charge in [-0.15, -0.1) is 0 Å². The Morgan fingerprint density at radius 2 is 0.696 bits per heavy atom. The van der Waals surface area contributed by atoms with Crippen molar-refractivity contribution in [3.8, 4) is 33.9 Å². The second-order valence-corrected chi connectivity index (χ2v) is 14.7. The molecule has 3 heteroatoms. The van der Waals surface area contributed by atoms with Crippen molar-refractivity contribution in [1.82, 2.24) is 14.1 Å². The number of pyridine rings is 1. The van der Waals surface area contributed by atoms with Crippen LogP contribution in [0.3, 0.4) is 0 Å². The third kappa shape index (κ3) is 4.55. The van der Waals surface area contributed by atoms with E-state index < -0.39 is 0 Å². The van der Waals surface area contributed by atoms with E-state index in [-0.39, 0.29) is 0 Å². The zero-order valence-corrected chi connectivity index (χ0v) is 30.4. The second-order valence-electron chi connectivity index (χ2n) is 14.7. The maximum atomic E-state index is 5.30. The highest BCUT2D eigenvalue weighted by Crippen LogP contribution is 2.40. The van der Waals surface area contributed by atoms with Crippen molar-refractivity contribution in [3.63, 3.8) is 0 Å². The average Bonchev–Trinajstić information content (AvgIpc) is 3.79. The van der Waals surface area contributed by atoms with Gasteiger partial charge in [-0.3, -0.25) is 4.57 Å². The number of aromatic nitrogens is 3. The first-order valence-electron chi connectivity index (χ1n) is 19.2. The number of para-hydroxylation sites is 4. The van der Waals surface area contributed by atoms with Crippen LogP contribution in [0.25, 0.3) is 110 Å². The minimum Gasteiger partial charge on any atom is -0.309 e. The van der Waals surface area contributed by atoms with Crippen LogP contribution in [0.1, 0.15) is 0 Å². The van der Waals surface area contributed by atoms with Gasteiger partial charge in [-0.2, -0.15) is 0 Å². The van der Waals surface area contributed by atoms with Crippen molar-refractivity contribution < 1.29 is 0 Å². The Balaban J connectivity index is 0.994. The Bertz CT molecular complexity index is 3190. The van der Waals surface area contributed by atoms with Gasteiger partial charge in [0.1, 0.15) is 5.82 Å². The maximum absolute atomic E-state index is 5.30. The number of nitrogens with zero attached hydrogens (tertiary/aromatic N) is 3. The molecule has 3 nitrogen and oxygen atoms in total. The molecule has 9 aromatic carbocycles. The van der Waals surface area contributed by atoms with Gasteiger partial charge in [0, 0.05) is 32.8 Å². The summed E-state index contributed by atoms with van der Waals surface area (Å²) >= 11 is 0. The fourth-order valence-corrected chi connectivity index (χ4v) is 9.20. The molecule has 0 fully saturated rings. The first-order valence-corrected chi connectivity index (χ1v) is 19.2. The molecule has 56 heavy (non-hydrogen) atoms. The summed E-state index contributed by atoms with van der Waals surface area (Å²) in [6, 6.07) is 72.6. The molecule has 0 bridgehead atoms. The van der Waals surface area contributed by atoms with E-state index in [1.807, 2.05) is 0 Å². The Labute approximate surface area is 322 Å². The lowest BCUT2D eigenvalue weighted by molar-refractivity contribution is 1.08. The first kappa shape index (κ1) is 30.9. The Morgan fingerprint density at radius 3 is 1.27 bits per heavy atom. The molecule has 0 aliphatic carbocycles. The van der Waals surface area contributed by atoms with Gasteiger partial charge in [0.05, 0.1) is 27.8 Å². The van der Waals surface area contributed by atoms with E-state index in [0.29, 0.717) is 0 Å². The van der Waals surface area contributed by atoms with Crippen LogP contribution in [0.2, 0.25) is 0 Å². The zero-order chi connectivity index (χ0) is 36.7. The molecule has 0 saturated heterocycles. The molecule has 3 aromatic heterocycles. The highest BCUT2D eigenvalue weighted by molar-refractivity contribution is 6.26. The summed E-state index contributed by atoms with van der Waals surface area (Å²) in [4.78, 5) is 5.30. The molecule has 260 valence electrons. The fraction of sp³-hybridized carbons (Fsp3) is 0. The molecular formula is C53H33N3. The van der Waals surface area contributed by atoms with Crippen LogP contribution in [0, 0.1) is 0 Å². The van der Waals surface area contributed by atoms with Crippen LogP contribution in [0.5, 0.6) is 0 Å². The molecule has 0 aliphatic rings. The average molecular weight is 712 g/mol. The van der Waals surface area contributed by atoms with Gasteiger partial charge >= 0.3 is 0 Å². The zero-order valence-electron chi connectivity index (χ0n) is 30.4. The highest BCUT2D eigenvalue weighted by atomic mass is 15.1. The summed E-state index contributed by atoms with van der Waals surface area (Å²) in [5, 5.41) is 12.5. The molecule has 0 radical (unpaired) electrons. The molecule has 0 spiro atoms. The van der Waals surface area contributed by atoms with Gasteiger partial charge in [-0.05, 0) is 104 Å². The Morgan fingerprint density at radius 1 is 0.268 bits per heavy atom. The lowest BCUT2D eigenvalue weighted by atomic mass is 9.91. The molecule has 0 N–H and O–H groups in total. The number of rotatable bonds is 4. The third-order valence-corrected chi connectivity index (χ3v) is 11.7. The van der Waals surface area contributed by atoms with Gasteiger partial charge in [0.15, 0.2) is 0 Å². The minimum absolute atomic E-state index is 0.915. The van der Waals surface area contributed by atoms with Crippen LogP contribution >= 0.6 is 0 Å². The molecule has 12 rings (SSSR count). The molecular weight excluding hydrogens is 679 g/mol. The lowest BCUT2D eigenvalue weighted by Gasteiger charge is -2.14. The van der Waals surface area contributed by atoms with E-state index in [0.717, 1.165) is 33.8 Å². The molecule has 0 amide bonds. The summed E-state index contributed by atoms with van der Waals surface area (Å²) in [5.74, 6) is 0.915. The second kappa shape index (κ2) is 12.0. The minimum atomic E-state index is 0.915. The molecule has 0 saturated carbocycles. The third-order valence-electron chi connectivity index (χ3n) is 11.7. The van der Waals surface area contributed by atoms with E-state index >= 15 is 0 Å². The lowest BCUT2D eigenvalue weighted by Crippen LogP contribution is -1.98. The quantitative estimate of drug-likeness (QED) is 0.167. The summed E-state index contributed by atoms with van der Waals surface area (Å²) in [5.41, 5.74) is 10.4. The van der Waals surface area contributed by atoms with E-state index in [1.54, 1.807) is 0 Å². The van der Waals surface area contributed by atoms with Gasteiger partial charge in [0.2, 0.25) is 0 Å². The van der Waals surface area contributed by atoms with E-state index in [9.17, 15) is 0 Å². The topological polar surface area (TPSA) is 22.8 Å². The van der Waals surface area contributed by atoms with Crippen LogP contribution in [0.4, 0.5) is 0 Å². The van der Waals surface area contributed by atoms with Crippen molar-refractivity contribution in [2.75, 3.05) is 0 Å². The van der Waals surface area contributed by atoms with Crippen LogP contribution in [0.15, 0.2) is 200 Å². The molecule has 3 heterocycles. The summed E-state index contributed by atoms with van der Waals surface area (Å²) in [7, 11) is 0. The first-order chi connectivity index (χ1) is 27.8. The van der Waals surface area contributed by atoms with E-state index in [2.05, 4.69) is 209 Å². The van der Waals surface area contributed by atoms with Crippen LogP contribution < -0.4 is 0 Å². The summed E-state index contributed by atoms with van der Waals surface area (Å²) in [6.45, 7) is 0. The largest absolute Gasteiger partial charge is 0.309 e. The predicted octanol–water partition coefficient (Wildman–Crippen LogP) is 14.1. The Kier molecular flexibility index (Phi) is 6.63. The molecule has 0 aliphatic heterocycles. The number of fused-ring (bicyclic) bond motifs is 12. The number of hydrogen-bond acceptors (Lipinski definition) is 1. The van der Waals surface area contributed by atoms with Crippen molar-refractivity contribution in [3.05, 3.63) is 200 Å². The van der Waals surface area contributed by atoms with Gasteiger partial charge in [-0.25, -0.2) is 4.98 Å². The molecule has 0 atom stereocenters. The SMILES string of the molecule is c1cc(-c2ccc3c4ccc(-c5cccc(-n6c7ccccc7c7ccccc76)n5)cc4c4ccccc4c3c2)cc(-n2c3ccccc3c3ccccc32)c1. The normalized spacial score (nSPS) is 11.9.